The van der Waals surface area contributed by atoms with Crippen LogP contribution in [-0.2, 0) is 26.5 Å². The molecule has 10 nitrogen and oxygen atoms in total. The summed E-state index contributed by atoms with van der Waals surface area (Å²) in [5.41, 5.74) is 0.970. The Morgan fingerprint density at radius 2 is 1.86 bits per heavy atom. The summed E-state index contributed by atoms with van der Waals surface area (Å²) in [6, 6.07) is 11.5. The van der Waals surface area contributed by atoms with Crippen LogP contribution in [0.4, 0.5) is 4.79 Å². The maximum atomic E-state index is 13.1. The maximum Gasteiger partial charge on any atom is 0.410 e. The molecule has 188 valence electrons. The average molecular weight is 493 g/mol. The summed E-state index contributed by atoms with van der Waals surface area (Å²) in [6.07, 6.45) is 0.562. The molecule has 0 bridgehead atoms. The van der Waals surface area contributed by atoms with E-state index in [0.717, 1.165) is 5.56 Å². The Labute approximate surface area is 208 Å². The van der Waals surface area contributed by atoms with Gasteiger partial charge in [-0.3, -0.25) is 24.7 Å². The minimum atomic E-state index is -1.25. The number of fused-ring (bicyclic) bond motifs is 1. The van der Waals surface area contributed by atoms with Crippen molar-refractivity contribution in [3.05, 3.63) is 65.0 Å². The molecule has 2 N–H and O–H groups in total. The van der Waals surface area contributed by atoms with Gasteiger partial charge in [-0.1, -0.05) is 30.3 Å². The molecule has 3 aliphatic heterocycles. The molecule has 4 amide bonds. The Kier molecular flexibility index (Phi) is 6.21. The van der Waals surface area contributed by atoms with Crippen LogP contribution in [0.2, 0.25) is 0 Å². The molecule has 3 aliphatic rings. The Balaban J connectivity index is 1.25. The summed E-state index contributed by atoms with van der Waals surface area (Å²) in [5, 5.41) is 13.7. The van der Waals surface area contributed by atoms with E-state index in [-0.39, 0.29) is 44.1 Å². The fraction of sp³-hybridized carbons (Fsp3) is 0.423. The lowest BCUT2D eigenvalue weighted by atomic mass is 9.87. The Morgan fingerprint density at radius 1 is 1.14 bits per heavy atom. The zero-order valence-corrected chi connectivity index (χ0v) is 20.0. The highest BCUT2D eigenvalue weighted by Crippen LogP contribution is 2.38. The smallest absolute Gasteiger partial charge is 0.410 e. The molecule has 10 heteroatoms. The Bertz CT molecular complexity index is 1210. The summed E-state index contributed by atoms with van der Waals surface area (Å²) in [7, 11) is 0. The van der Waals surface area contributed by atoms with Crippen molar-refractivity contribution in [1.82, 2.24) is 20.1 Å². The number of likely N-dealkylation sites (tertiary alicyclic amines) is 1. The molecule has 0 radical (unpaired) electrons. The van der Waals surface area contributed by atoms with E-state index in [0.29, 0.717) is 30.0 Å². The van der Waals surface area contributed by atoms with E-state index in [9.17, 15) is 24.3 Å². The number of nitrogens with one attached hydrogen (secondary N) is 1. The first kappa shape index (κ1) is 23.9. The molecular weight excluding hydrogens is 464 g/mol. The minimum Gasteiger partial charge on any atom is -0.445 e. The quantitative estimate of drug-likeness (QED) is 0.625. The Morgan fingerprint density at radius 3 is 2.56 bits per heavy atom. The first-order valence-corrected chi connectivity index (χ1v) is 12.1. The van der Waals surface area contributed by atoms with Crippen LogP contribution in [0, 0.1) is 0 Å². The highest BCUT2D eigenvalue weighted by molar-refractivity contribution is 6.05. The molecular formula is C26H28N4O6. The number of pyridine rings is 1. The molecule has 1 unspecified atom stereocenters. The molecule has 0 aliphatic carbocycles. The van der Waals surface area contributed by atoms with Crippen LogP contribution in [0.1, 0.15) is 66.0 Å². The summed E-state index contributed by atoms with van der Waals surface area (Å²) in [6.45, 7) is 2.58. The minimum absolute atomic E-state index is 0.173. The number of imide groups is 1. The summed E-state index contributed by atoms with van der Waals surface area (Å²) in [5.74, 6) is -1.13. The number of hydrogen-bond donors (Lipinski definition) is 2. The SMILES string of the molecule is CC1c2nc(C3(O)CCN(C(=O)OCc4ccccc4)CC3)ccc2C(=O)N1[C@H]1CCC(=O)NC1=O. The lowest BCUT2D eigenvalue weighted by molar-refractivity contribution is -0.137. The second-order valence-electron chi connectivity index (χ2n) is 9.54. The number of amides is 4. The van der Waals surface area contributed by atoms with E-state index in [2.05, 4.69) is 10.3 Å². The number of benzene rings is 1. The molecule has 4 heterocycles. The van der Waals surface area contributed by atoms with Gasteiger partial charge in [0.2, 0.25) is 11.8 Å². The van der Waals surface area contributed by atoms with Gasteiger partial charge >= 0.3 is 6.09 Å². The van der Waals surface area contributed by atoms with Gasteiger partial charge in [-0.05, 0) is 43.9 Å². The molecule has 1 aromatic carbocycles. The number of aliphatic hydroxyl groups is 1. The molecule has 2 atom stereocenters. The highest BCUT2D eigenvalue weighted by Gasteiger charge is 2.45. The van der Waals surface area contributed by atoms with Gasteiger partial charge in [-0.15, -0.1) is 0 Å². The van der Waals surface area contributed by atoms with Gasteiger partial charge in [0.1, 0.15) is 18.2 Å². The highest BCUT2D eigenvalue weighted by atomic mass is 16.6. The predicted molar refractivity (Wildman–Crippen MR) is 126 cm³/mol. The largest absolute Gasteiger partial charge is 0.445 e. The summed E-state index contributed by atoms with van der Waals surface area (Å²) >= 11 is 0. The van der Waals surface area contributed by atoms with Crippen LogP contribution >= 0.6 is 0 Å². The van der Waals surface area contributed by atoms with Crippen molar-refractivity contribution < 1.29 is 29.0 Å². The van der Waals surface area contributed by atoms with Crippen molar-refractivity contribution in [1.29, 1.82) is 0 Å². The van der Waals surface area contributed by atoms with Gasteiger partial charge in [0.15, 0.2) is 0 Å². The first-order valence-electron chi connectivity index (χ1n) is 12.1. The van der Waals surface area contributed by atoms with Crippen molar-refractivity contribution in [3.8, 4) is 0 Å². The number of ether oxygens (including phenoxy) is 1. The van der Waals surface area contributed by atoms with Gasteiger partial charge in [-0.25, -0.2) is 4.79 Å². The average Bonchev–Trinajstić information content (AvgIpc) is 3.13. The third-order valence-corrected chi connectivity index (χ3v) is 7.28. The van der Waals surface area contributed by atoms with Gasteiger partial charge in [0.05, 0.1) is 23.0 Å². The number of rotatable bonds is 4. The normalized spacial score (nSPS) is 23.3. The van der Waals surface area contributed by atoms with Crippen molar-refractivity contribution in [2.45, 2.75) is 56.9 Å². The van der Waals surface area contributed by atoms with E-state index < -0.39 is 29.7 Å². The number of carbonyl (C=O) groups is 4. The zero-order chi connectivity index (χ0) is 25.4. The van der Waals surface area contributed by atoms with Crippen LogP contribution in [0.15, 0.2) is 42.5 Å². The molecule has 36 heavy (non-hydrogen) atoms. The van der Waals surface area contributed by atoms with E-state index in [1.54, 1.807) is 24.0 Å². The molecule has 5 rings (SSSR count). The van der Waals surface area contributed by atoms with Crippen molar-refractivity contribution in [2.75, 3.05) is 13.1 Å². The van der Waals surface area contributed by atoms with Crippen molar-refractivity contribution in [3.63, 3.8) is 0 Å². The number of carbonyl (C=O) groups excluding carboxylic acids is 4. The maximum absolute atomic E-state index is 13.1. The Hall–Kier alpha value is -3.79. The monoisotopic (exact) mass is 492 g/mol. The number of nitrogens with zero attached hydrogens (tertiary/aromatic N) is 3. The topological polar surface area (TPSA) is 129 Å². The van der Waals surface area contributed by atoms with Crippen molar-refractivity contribution >= 4 is 23.8 Å². The first-order chi connectivity index (χ1) is 17.3. The van der Waals surface area contributed by atoms with Gasteiger partial charge in [-0.2, -0.15) is 0 Å². The van der Waals surface area contributed by atoms with Crippen LogP contribution in [0.3, 0.4) is 0 Å². The van der Waals surface area contributed by atoms with Crippen LogP contribution in [-0.4, -0.2) is 62.8 Å². The van der Waals surface area contributed by atoms with Crippen LogP contribution < -0.4 is 5.32 Å². The second kappa shape index (κ2) is 9.34. The standard InChI is InChI=1S/C26H28N4O6/c1-16-22-18(24(33)30(16)19-8-10-21(31)28-23(19)32)7-9-20(27-22)26(35)11-13-29(14-12-26)25(34)36-15-17-5-3-2-4-6-17/h2-7,9,16,19,35H,8,10-15H2,1H3,(H,28,31,32)/t16?,19-/m0/s1. The lowest BCUT2D eigenvalue weighted by Crippen LogP contribution is -2.53. The molecule has 0 spiro atoms. The third-order valence-electron chi connectivity index (χ3n) is 7.28. The van der Waals surface area contributed by atoms with Crippen LogP contribution in [0.25, 0.3) is 0 Å². The number of piperidine rings is 2. The molecule has 1 aromatic heterocycles. The zero-order valence-electron chi connectivity index (χ0n) is 20.0. The van der Waals surface area contributed by atoms with Crippen molar-refractivity contribution in [2.24, 2.45) is 0 Å². The van der Waals surface area contributed by atoms with Gasteiger partial charge in [0, 0.05) is 19.5 Å². The lowest BCUT2D eigenvalue weighted by Gasteiger charge is -2.37. The fourth-order valence-corrected chi connectivity index (χ4v) is 5.17. The van der Waals surface area contributed by atoms with Gasteiger partial charge < -0.3 is 19.6 Å². The van der Waals surface area contributed by atoms with E-state index >= 15 is 0 Å². The molecule has 2 saturated heterocycles. The number of aromatic nitrogens is 1. The third kappa shape index (κ3) is 4.32. The van der Waals surface area contributed by atoms with Crippen LogP contribution in [0.5, 0.6) is 0 Å². The predicted octanol–water partition coefficient (Wildman–Crippen LogP) is 2.02. The van der Waals surface area contributed by atoms with E-state index in [1.165, 1.54) is 4.90 Å². The molecule has 2 fully saturated rings. The second-order valence-corrected chi connectivity index (χ2v) is 9.54. The number of hydrogen-bond acceptors (Lipinski definition) is 7. The van der Waals surface area contributed by atoms with E-state index in [1.807, 2.05) is 30.3 Å². The molecule has 2 aromatic rings. The summed E-state index contributed by atoms with van der Waals surface area (Å²) in [4.78, 5) is 57.2. The summed E-state index contributed by atoms with van der Waals surface area (Å²) < 4.78 is 5.41. The fourth-order valence-electron chi connectivity index (χ4n) is 5.17. The van der Waals surface area contributed by atoms with Gasteiger partial charge in [0.25, 0.3) is 5.91 Å². The van der Waals surface area contributed by atoms with E-state index in [4.69, 9.17) is 4.74 Å². The molecule has 0 saturated carbocycles.